The van der Waals surface area contributed by atoms with E-state index >= 15 is 0 Å². The summed E-state index contributed by atoms with van der Waals surface area (Å²) in [5.74, 6) is 1.28. The van der Waals surface area contributed by atoms with Gasteiger partial charge in [-0.15, -0.1) is 0 Å². The lowest BCUT2D eigenvalue weighted by atomic mass is 9.84. The van der Waals surface area contributed by atoms with Gasteiger partial charge in [-0.05, 0) is 41.5 Å². The summed E-state index contributed by atoms with van der Waals surface area (Å²) in [4.78, 5) is 0. The highest BCUT2D eigenvalue weighted by atomic mass is 16.5. The zero-order valence-corrected chi connectivity index (χ0v) is 14.4. The van der Waals surface area contributed by atoms with E-state index in [9.17, 15) is 0 Å². The maximum absolute atomic E-state index is 5.93. The van der Waals surface area contributed by atoms with E-state index in [1.54, 1.807) is 0 Å². The van der Waals surface area contributed by atoms with Crippen molar-refractivity contribution in [2.45, 2.75) is 25.4 Å². The Morgan fingerprint density at radius 3 is 1.72 bits per heavy atom. The Morgan fingerprint density at radius 2 is 1.20 bits per heavy atom. The molecule has 1 unspecified atom stereocenters. The van der Waals surface area contributed by atoms with Gasteiger partial charge in [0, 0.05) is 6.61 Å². The van der Waals surface area contributed by atoms with E-state index in [4.69, 9.17) is 4.74 Å². The number of rotatable bonds is 4. The Bertz CT molecular complexity index is 732. The first-order valence-corrected chi connectivity index (χ1v) is 9.11. The molecule has 1 nitrogen and oxygen atoms in total. The first-order valence-electron chi connectivity index (χ1n) is 9.11. The topological polar surface area (TPSA) is 9.23 Å². The van der Waals surface area contributed by atoms with Gasteiger partial charge >= 0.3 is 0 Å². The molecule has 0 N–H and O–H groups in total. The Balaban J connectivity index is 1.68. The van der Waals surface area contributed by atoms with Crippen LogP contribution in [-0.4, -0.2) is 6.61 Å². The third-order valence-electron chi connectivity index (χ3n) is 4.88. The van der Waals surface area contributed by atoms with Crippen molar-refractivity contribution in [3.05, 3.63) is 113 Å². The van der Waals surface area contributed by atoms with Crippen LogP contribution in [0.5, 0.6) is 0 Å². The average Bonchev–Trinajstić information content (AvgIpc) is 2.71. The quantitative estimate of drug-likeness (QED) is 0.538. The van der Waals surface area contributed by atoms with Crippen molar-refractivity contribution in [3.63, 3.8) is 0 Å². The summed E-state index contributed by atoms with van der Waals surface area (Å²) >= 11 is 0. The molecule has 1 fully saturated rings. The van der Waals surface area contributed by atoms with E-state index in [-0.39, 0.29) is 6.10 Å². The van der Waals surface area contributed by atoms with Crippen molar-refractivity contribution in [3.8, 4) is 0 Å². The lowest BCUT2D eigenvalue weighted by molar-refractivity contribution is 0.0149. The van der Waals surface area contributed by atoms with Crippen LogP contribution >= 0.6 is 0 Å². The fourth-order valence-corrected chi connectivity index (χ4v) is 3.58. The monoisotopic (exact) mass is 327 g/mol. The molecular weight excluding hydrogens is 304 g/mol. The van der Waals surface area contributed by atoms with E-state index in [1.165, 1.54) is 41.0 Å². The molecule has 0 amide bonds. The molecule has 3 aromatic carbocycles. The standard InChI is InChI=1S/C24H23O/c1-3-9-20(10-4-1)24(21-11-5-2-6-12-21)22-16-14-19(15-17-22)23-13-7-8-18-25-23/h1-6,9-12,14-17,23H,7-8,13,18H2. The molecule has 1 radical (unpaired) electrons. The van der Waals surface area contributed by atoms with Gasteiger partial charge in [-0.3, -0.25) is 0 Å². The van der Waals surface area contributed by atoms with Crippen LogP contribution in [-0.2, 0) is 4.74 Å². The number of hydrogen-bond acceptors (Lipinski definition) is 1. The zero-order chi connectivity index (χ0) is 16.9. The fraction of sp³-hybridized carbons (Fsp3) is 0.208. The number of benzene rings is 3. The molecule has 0 saturated carbocycles. The molecular formula is C24H23O. The van der Waals surface area contributed by atoms with E-state index in [0.717, 1.165) is 13.0 Å². The van der Waals surface area contributed by atoms with Crippen LogP contribution in [0.1, 0.15) is 47.6 Å². The van der Waals surface area contributed by atoms with Crippen LogP contribution in [0.3, 0.4) is 0 Å². The number of ether oxygens (including phenoxy) is 1. The molecule has 1 heteroatoms. The molecule has 3 aromatic rings. The SMILES string of the molecule is c1ccc([C](c2ccccc2)c2ccc(C3CCCCO3)cc2)cc1. The summed E-state index contributed by atoms with van der Waals surface area (Å²) in [7, 11) is 0. The first kappa shape index (κ1) is 16.1. The second-order valence-corrected chi connectivity index (χ2v) is 6.58. The fourth-order valence-electron chi connectivity index (χ4n) is 3.58. The zero-order valence-electron chi connectivity index (χ0n) is 14.4. The third kappa shape index (κ3) is 3.67. The van der Waals surface area contributed by atoms with Gasteiger partial charge in [-0.2, -0.15) is 0 Å². The predicted molar refractivity (Wildman–Crippen MR) is 102 cm³/mol. The molecule has 1 atom stereocenters. The van der Waals surface area contributed by atoms with E-state index in [1.807, 2.05) is 0 Å². The lowest BCUT2D eigenvalue weighted by Gasteiger charge is -2.24. The highest BCUT2D eigenvalue weighted by Crippen LogP contribution is 2.33. The van der Waals surface area contributed by atoms with Crippen molar-refractivity contribution in [2.24, 2.45) is 0 Å². The molecule has 1 aliphatic rings. The van der Waals surface area contributed by atoms with E-state index in [0.29, 0.717) is 0 Å². The van der Waals surface area contributed by atoms with Crippen LogP contribution in [0.15, 0.2) is 84.9 Å². The molecule has 125 valence electrons. The van der Waals surface area contributed by atoms with Gasteiger partial charge in [-0.1, -0.05) is 84.9 Å². The van der Waals surface area contributed by atoms with E-state index in [2.05, 4.69) is 84.9 Å². The second-order valence-electron chi connectivity index (χ2n) is 6.58. The molecule has 0 spiro atoms. The van der Waals surface area contributed by atoms with Gasteiger partial charge in [0.2, 0.25) is 0 Å². The highest BCUT2D eigenvalue weighted by Gasteiger charge is 2.19. The van der Waals surface area contributed by atoms with Gasteiger partial charge in [0.15, 0.2) is 0 Å². The molecule has 25 heavy (non-hydrogen) atoms. The van der Waals surface area contributed by atoms with Crippen molar-refractivity contribution in [2.75, 3.05) is 6.61 Å². The highest BCUT2D eigenvalue weighted by molar-refractivity contribution is 5.57. The van der Waals surface area contributed by atoms with Crippen LogP contribution in [0, 0.1) is 5.92 Å². The maximum Gasteiger partial charge on any atom is 0.0824 e. The number of hydrogen-bond donors (Lipinski definition) is 0. The first-order chi connectivity index (χ1) is 12.4. The van der Waals surface area contributed by atoms with Gasteiger partial charge < -0.3 is 4.74 Å². The molecule has 1 aliphatic heterocycles. The Labute approximate surface area is 150 Å². The van der Waals surface area contributed by atoms with Gasteiger partial charge in [-0.25, -0.2) is 0 Å². The lowest BCUT2D eigenvalue weighted by Crippen LogP contribution is -2.11. The summed E-state index contributed by atoms with van der Waals surface area (Å²) in [6, 6.07) is 30.2. The molecule has 0 bridgehead atoms. The van der Waals surface area contributed by atoms with Crippen molar-refractivity contribution in [1.29, 1.82) is 0 Å². The predicted octanol–water partition coefficient (Wildman–Crippen LogP) is 5.95. The van der Waals surface area contributed by atoms with Gasteiger partial charge in [0.25, 0.3) is 0 Å². The van der Waals surface area contributed by atoms with Crippen molar-refractivity contribution < 1.29 is 4.74 Å². The summed E-state index contributed by atoms with van der Waals surface area (Å²) in [6.07, 6.45) is 3.85. The molecule has 0 aliphatic carbocycles. The largest absolute Gasteiger partial charge is 0.374 e. The smallest absolute Gasteiger partial charge is 0.0824 e. The summed E-state index contributed by atoms with van der Waals surface area (Å²) in [6.45, 7) is 0.887. The molecule has 1 heterocycles. The minimum absolute atomic E-state index is 0.264. The minimum Gasteiger partial charge on any atom is -0.374 e. The summed E-state index contributed by atoms with van der Waals surface area (Å²) in [5.41, 5.74) is 5.03. The van der Waals surface area contributed by atoms with Crippen molar-refractivity contribution >= 4 is 0 Å². The maximum atomic E-state index is 5.93. The van der Waals surface area contributed by atoms with Crippen LogP contribution in [0.4, 0.5) is 0 Å². The third-order valence-corrected chi connectivity index (χ3v) is 4.88. The normalized spacial score (nSPS) is 17.6. The molecule has 0 aromatic heterocycles. The second kappa shape index (κ2) is 7.67. The van der Waals surface area contributed by atoms with E-state index < -0.39 is 0 Å². The Hall–Kier alpha value is -2.38. The summed E-state index contributed by atoms with van der Waals surface area (Å²) < 4.78 is 5.93. The Morgan fingerprint density at radius 1 is 0.640 bits per heavy atom. The molecule has 1 saturated heterocycles. The average molecular weight is 327 g/mol. The Kier molecular flexibility index (Phi) is 4.94. The minimum atomic E-state index is 0.264. The van der Waals surface area contributed by atoms with Crippen LogP contribution in [0.2, 0.25) is 0 Å². The van der Waals surface area contributed by atoms with Crippen molar-refractivity contribution in [1.82, 2.24) is 0 Å². The van der Waals surface area contributed by atoms with Crippen LogP contribution in [0.25, 0.3) is 0 Å². The van der Waals surface area contributed by atoms with Crippen LogP contribution < -0.4 is 0 Å². The molecule has 4 rings (SSSR count). The van der Waals surface area contributed by atoms with Gasteiger partial charge in [0.05, 0.1) is 12.0 Å². The van der Waals surface area contributed by atoms with Gasteiger partial charge in [0.1, 0.15) is 0 Å². The summed E-state index contributed by atoms with van der Waals surface area (Å²) in [5, 5.41) is 0.